The van der Waals surface area contributed by atoms with E-state index in [0.717, 1.165) is 11.3 Å². The number of pyridine rings is 2. The number of rotatable bonds is 1. The molecule has 0 unspecified atom stereocenters. The number of nitrogens with two attached hydrogens (primary N) is 2. The number of aromatic nitrogens is 2. The topological polar surface area (TPSA) is 77.8 Å². The van der Waals surface area contributed by atoms with Crippen molar-refractivity contribution in [2.45, 2.75) is 0 Å². The Morgan fingerprint density at radius 1 is 1.14 bits per heavy atom. The van der Waals surface area contributed by atoms with Gasteiger partial charge in [-0.1, -0.05) is 0 Å². The summed E-state index contributed by atoms with van der Waals surface area (Å²) in [5.41, 5.74) is 13.5. The van der Waals surface area contributed by atoms with Crippen molar-refractivity contribution in [1.29, 1.82) is 0 Å². The minimum atomic E-state index is 0.420. The Morgan fingerprint density at radius 2 is 2.00 bits per heavy atom. The molecule has 4 heteroatoms. The summed E-state index contributed by atoms with van der Waals surface area (Å²) in [5.74, 6) is 0.420. The highest BCUT2D eigenvalue weighted by Crippen LogP contribution is 2.19. The molecule has 0 aliphatic carbocycles. The van der Waals surface area contributed by atoms with Gasteiger partial charge in [-0.05, 0) is 18.2 Å². The van der Waals surface area contributed by atoms with Crippen LogP contribution in [-0.4, -0.2) is 9.97 Å². The normalized spacial score (nSPS) is 10.0. The lowest BCUT2D eigenvalue weighted by Gasteiger charge is -2.02. The fourth-order valence-corrected chi connectivity index (χ4v) is 1.24. The van der Waals surface area contributed by atoms with Gasteiger partial charge in [0, 0.05) is 29.7 Å². The molecule has 0 atom stereocenters. The fourth-order valence-electron chi connectivity index (χ4n) is 1.24. The summed E-state index contributed by atoms with van der Waals surface area (Å²) in [4.78, 5) is 8.16. The molecule has 14 heavy (non-hydrogen) atoms. The van der Waals surface area contributed by atoms with E-state index in [1.165, 1.54) is 0 Å². The van der Waals surface area contributed by atoms with Crippen LogP contribution in [0, 0.1) is 0 Å². The summed E-state index contributed by atoms with van der Waals surface area (Å²) >= 11 is 0. The second-order valence-corrected chi connectivity index (χ2v) is 2.95. The maximum Gasteiger partial charge on any atom is 0.126 e. The number of anilines is 2. The molecule has 4 nitrogen and oxygen atoms in total. The molecule has 0 aromatic carbocycles. The molecule has 0 aliphatic rings. The van der Waals surface area contributed by atoms with Crippen LogP contribution in [0.3, 0.4) is 0 Å². The summed E-state index contributed by atoms with van der Waals surface area (Å²) in [7, 11) is 0. The van der Waals surface area contributed by atoms with Crippen molar-refractivity contribution in [3.63, 3.8) is 0 Å². The minimum absolute atomic E-state index is 0.420. The Balaban J connectivity index is 2.52. The highest BCUT2D eigenvalue weighted by Gasteiger charge is 2.00. The van der Waals surface area contributed by atoms with Gasteiger partial charge >= 0.3 is 0 Å². The molecule has 0 bridgehead atoms. The second-order valence-electron chi connectivity index (χ2n) is 2.95. The Kier molecular flexibility index (Phi) is 2.02. The Hall–Kier alpha value is -2.10. The third-order valence-corrected chi connectivity index (χ3v) is 1.82. The van der Waals surface area contributed by atoms with Crippen molar-refractivity contribution < 1.29 is 0 Å². The second kappa shape index (κ2) is 3.33. The first kappa shape index (κ1) is 8.50. The molecule has 4 N–H and O–H groups in total. The largest absolute Gasteiger partial charge is 0.399 e. The Morgan fingerprint density at radius 3 is 2.64 bits per heavy atom. The molecular formula is C10H10N4. The molecule has 0 fully saturated rings. The molecule has 2 aromatic heterocycles. The van der Waals surface area contributed by atoms with Crippen LogP contribution in [0.25, 0.3) is 11.3 Å². The summed E-state index contributed by atoms with van der Waals surface area (Å²) in [6, 6.07) is 7.15. The van der Waals surface area contributed by atoms with Gasteiger partial charge in [-0.3, -0.25) is 4.98 Å². The van der Waals surface area contributed by atoms with Crippen molar-refractivity contribution in [2.75, 3.05) is 11.5 Å². The van der Waals surface area contributed by atoms with Gasteiger partial charge in [0.05, 0.1) is 5.69 Å². The first-order valence-corrected chi connectivity index (χ1v) is 4.19. The van der Waals surface area contributed by atoms with Crippen molar-refractivity contribution in [3.05, 3.63) is 36.7 Å². The van der Waals surface area contributed by atoms with Crippen LogP contribution >= 0.6 is 0 Å². The SMILES string of the molecule is Nc1cc(N)nc(-c2cccnc2)c1. The molecular weight excluding hydrogens is 176 g/mol. The van der Waals surface area contributed by atoms with Crippen LogP contribution in [0.15, 0.2) is 36.7 Å². The molecule has 0 aliphatic heterocycles. The van der Waals surface area contributed by atoms with Crippen LogP contribution < -0.4 is 11.5 Å². The molecule has 2 aromatic rings. The molecule has 70 valence electrons. The van der Waals surface area contributed by atoms with Gasteiger partial charge in [0.15, 0.2) is 0 Å². The Bertz CT molecular complexity index is 419. The van der Waals surface area contributed by atoms with E-state index in [0.29, 0.717) is 11.5 Å². The average Bonchev–Trinajstić information content (AvgIpc) is 2.18. The maximum atomic E-state index is 5.66. The van der Waals surface area contributed by atoms with Crippen LogP contribution in [-0.2, 0) is 0 Å². The van der Waals surface area contributed by atoms with Gasteiger partial charge < -0.3 is 11.5 Å². The van der Waals surface area contributed by atoms with E-state index in [2.05, 4.69) is 9.97 Å². The molecule has 0 amide bonds. The predicted molar refractivity (Wildman–Crippen MR) is 56.3 cm³/mol. The highest BCUT2D eigenvalue weighted by molar-refractivity contribution is 5.65. The van der Waals surface area contributed by atoms with Crippen LogP contribution in [0.1, 0.15) is 0 Å². The standard InChI is InChI=1S/C10H10N4/c11-8-4-9(14-10(12)5-8)7-2-1-3-13-6-7/h1-6H,(H4,11,12,14). The average molecular weight is 186 g/mol. The lowest BCUT2D eigenvalue weighted by Crippen LogP contribution is -1.95. The van der Waals surface area contributed by atoms with E-state index in [1.54, 1.807) is 24.5 Å². The molecule has 0 radical (unpaired) electrons. The van der Waals surface area contributed by atoms with Crippen molar-refractivity contribution in [3.8, 4) is 11.3 Å². The smallest absolute Gasteiger partial charge is 0.126 e. The summed E-state index contributed by atoms with van der Waals surface area (Å²) in [6.45, 7) is 0. The number of nitrogen functional groups attached to an aromatic ring is 2. The van der Waals surface area contributed by atoms with Gasteiger partial charge in [0.2, 0.25) is 0 Å². The zero-order valence-corrected chi connectivity index (χ0v) is 7.51. The van der Waals surface area contributed by atoms with E-state index in [4.69, 9.17) is 11.5 Å². The van der Waals surface area contributed by atoms with Gasteiger partial charge in [-0.2, -0.15) is 0 Å². The number of hydrogen-bond acceptors (Lipinski definition) is 4. The molecule has 2 heterocycles. The molecule has 0 saturated heterocycles. The van der Waals surface area contributed by atoms with Crippen molar-refractivity contribution in [2.24, 2.45) is 0 Å². The lowest BCUT2D eigenvalue weighted by molar-refractivity contribution is 1.28. The molecule has 2 rings (SSSR count). The lowest BCUT2D eigenvalue weighted by atomic mass is 10.2. The van der Waals surface area contributed by atoms with E-state index < -0.39 is 0 Å². The molecule has 0 spiro atoms. The highest BCUT2D eigenvalue weighted by atomic mass is 14.8. The van der Waals surface area contributed by atoms with E-state index in [1.807, 2.05) is 12.1 Å². The fraction of sp³-hybridized carbons (Fsp3) is 0. The van der Waals surface area contributed by atoms with Crippen LogP contribution in [0.4, 0.5) is 11.5 Å². The first-order valence-electron chi connectivity index (χ1n) is 4.19. The van der Waals surface area contributed by atoms with Crippen LogP contribution in [0.2, 0.25) is 0 Å². The predicted octanol–water partition coefficient (Wildman–Crippen LogP) is 1.31. The van der Waals surface area contributed by atoms with E-state index >= 15 is 0 Å². The monoisotopic (exact) mass is 186 g/mol. The quantitative estimate of drug-likeness (QED) is 0.703. The third-order valence-electron chi connectivity index (χ3n) is 1.82. The third kappa shape index (κ3) is 1.64. The molecule has 0 saturated carbocycles. The van der Waals surface area contributed by atoms with Crippen molar-refractivity contribution >= 4 is 11.5 Å². The zero-order chi connectivity index (χ0) is 9.97. The summed E-state index contributed by atoms with van der Waals surface area (Å²) in [5, 5.41) is 0. The number of hydrogen-bond donors (Lipinski definition) is 2. The van der Waals surface area contributed by atoms with Gasteiger partial charge in [0.25, 0.3) is 0 Å². The maximum absolute atomic E-state index is 5.66. The van der Waals surface area contributed by atoms with Crippen LogP contribution in [0.5, 0.6) is 0 Å². The first-order chi connectivity index (χ1) is 6.75. The van der Waals surface area contributed by atoms with Crippen molar-refractivity contribution in [1.82, 2.24) is 9.97 Å². The number of nitrogens with zero attached hydrogens (tertiary/aromatic N) is 2. The van der Waals surface area contributed by atoms with E-state index in [9.17, 15) is 0 Å². The summed E-state index contributed by atoms with van der Waals surface area (Å²) < 4.78 is 0. The Labute approximate surface area is 81.6 Å². The summed E-state index contributed by atoms with van der Waals surface area (Å²) in [6.07, 6.45) is 3.43. The van der Waals surface area contributed by atoms with Gasteiger partial charge in [-0.15, -0.1) is 0 Å². The van der Waals surface area contributed by atoms with E-state index in [-0.39, 0.29) is 0 Å². The zero-order valence-electron chi connectivity index (χ0n) is 7.51. The minimum Gasteiger partial charge on any atom is -0.399 e. The van der Waals surface area contributed by atoms with Gasteiger partial charge in [0.1, 0.15) is 5.82 Å². The van der Waals surface area contributed by atoms with Gasteiger partial charge in [-0.25, -0.2) is 4.98 Å².